The van der Waals surface area contributed by atoms with Crippen molar-refractivity contribution >= 4 is 15.9 Å². The van der Waals surface area contributed by atoms with Crippen molar-refractivity contribution in [2.75, 3.05) is 19.6 Å². The van der Waals surface area contributed by atoms with Crippen LogP contribution in [0.3, 0.4) is 0 Å². The van der Waals surface area contributed by atoms with Gasteiger partial charge < -0.3 is 9.88 Å². The van der Waals surface area contributed by atoms with E-state index in [2.05, 4.69) is 5.32 Å². The van der Waals surface area contributed by atoms with Gasteiger partial charge in [-0.15, -0.1) is 0 Å². The van der Waals surface area contributed by atoms with Gasteiger partial charge in [-0.3, -0.25) is 4.79 Å². The van der Waals surface area contributed by atoms with E-state index < -0.39 is 10.0 Å². The Hall–Kier alpha value is -1.34. The molecule has 1 amide bonds. The van der Waals surface area contributed by atoms with E-state index in [1.54, 1.807) is 25.5 Å². The minimum atomic E-state index is -3.52. The number of nitrogens with one attached hydrogen (secondary N) is 1. The van der Waals surface area contributed by atoms with Crippen molar-refractivity contribution < 1.29 is 13.2 Å². The number of nitrogens with zero attached hydrogens (tertiary/aromatic N) is 2. The summed E-state index contributed by atoms with van der Waals surface area (Å²) in [5, 5.41) is 2.74. The first-order valence-corrected chi connectivity index (χ1v) is 8.27. The molecule has 0 saturated carbocycles. The topological polar surface area (TPSA) is 71.4 Å². The molecule has 0 radical (unpaired) electrons. The molecule has 0 aliphatic rings. The molecule has 0 unspecified atom stereocenters. The summed E-state index contributed by atoms with van der Waals surface area (Å²) in [6.07, 6.45) is 2.31. The molecule has 0 saturated heterocycles. The summed E-state index contributed by atoms with van der Waals surface area (Å²) in [5.74, 6) is -0.254. The fraction of sp³-hybridized carbons (Fsp3) is 0.615. The fourth-order valence-electron chi connectivity index (χ4n) is 1.94. The molecule has 0 bridgehead atoms. The van der Waals surface area contributed by atoms with E-state index in [0.717, 1.165) is 6.42 Å². The highest BCUT2D eigenvalue weighted by Gasteiger charge is 2.25. The van der Waals surface area contributed by atoms with E-state index in [1.807, 2.05) is 6.92 Å². The predicted octanol–water partition coefficient (Wildman–Crippen LogP) is 1.20. The maximum Gasteiger partial charge on any atom is 0.267 e. The van der Waals surface area contributed by atoms with Crippen molar-refractivity contribution in [3.05, 3.63) is 18.0 Å². The number of carbonyl (C=O) groups excluding carboxylic acids is 1. The lowest BCUT2D eigenvalue weighted by atomic mass is 10.4. The second-order valence-corrected chi connectivity index (χ2v) is 6.46. The average molecular weight is 301 g/mol. The van der Waals surface area contributed by atoms with Gasteiger partial charge in [-0.1, -0.05) is 20.8 Å². The molecular formula is C13H23N3O3S. The molecule has 1 aromatic heterocycles. The number of rotatable bonds is 7. The van der Waals surface area contributed by atoms with Gasteiger partial charge in [-0.25, -0.2) is 8.42 Å². The first-order chi connectivity index (χ1) is 9.38. The fourth-order valence-corrected chi connectivity index (χ4v) is 3.47. The molecule has 7 heteroatoms. The largest absolute Gasteiger partial charge is 0.351 e. The number of hydrogen-bond donors (Lipinski definition) is 1. The van der Waals surface area contributed by atoms with Crippen LogP contribution >= 0.6 is 0 Å². The standard InChI is InChI=1S/C13H23N3O3S/c1-5-8-14-13(17)12-9-11(10-15(12)4)20(18,19)16(6-2)7-3/h9-10H,5-8H2,1-4H3,(H,14,17). The van der Waals surface area contributed by atoms with E-state index >= 15 is 0 Å². The highest BCUT2D eigenvalue weighted by molar-refractivity contribution is 7.89. The third-order valence-electron chi connectivity index (χ3n) is 3.09. The van der Waals surface area contributed by atoms with Gasteiger partial charge in [0.25, 0.3) is 5.91 Å². The van der Waals surface area contributed by atoms with Crippen LogP contribution in [0.1, 0.15) is 37.7 Å². The first kappa shape index (κ1) is 16.7. The van der Waals surface area contributed by atoms with Crippen molar-refractivity contribution in [1.29, 1.82) is 0 Å². The smallest absolute Gasteiger partial charge is 0.267 e. The molecule has 1 aromatic rings. The van der Waals surface area contributed by atoms with Gasteiger partial charge >= 0.3 is 0 Å². The first-order valence-electron chi connectivity index (χ1n) is 6.83. The average Bonchev–Trinajstić information content (AvgIpc) is 2.80. The van der Waals surface area contributed by atoms with Gasteiger partial charge in [-0.2, -0.15) is 4.31 Å². The zero-order valence-electron chi connectivity index (χ0n) is 12.5. The SMILES string of the molecule is CCCNC(=O)c1cc(S(=O)(=O)N(CC)CC)cn1C. The Bertz CT molecular complexity index is 559. The summed E-state index contributed by atoms with van der Waals surface area (Å²) in [7, 11) is -1.86. The van der Waals surface area contributed by atoms with Crippen LogP contribution in [-0.2, 0) is 17.1 Å². The van der Waals surface area contributed by atoms with Crippen molar-refractivity contribution in [1.82, 2.24) is 14.2 Å². The zero-order valence-corrected chi connectivity index (χ0v) is 13.3. The third-order valence-corrected chi connectivity index (χ3v) is 5.11. The number of hydrogen-bond acceptors (Lipinski definition) is 3. The van der Waals surface area contributed by atoms with E-state index in [0.29, 0.717) is 25.3 Å². The molecule has 0 aromatic carbocycles. The van der Waals surface area contributed by atoms with Crippen LogP contribution in [0.5, 0.6) is 0 Å². The highest BCUT2D eigenvalue weighted by Crippen LogP contribution is 2.18. The Morgan fingerprint density at radius 3 is 2.40 bits per heavy atom. The molecule has 0 fully saturated rings. The van der Waals surface area contributed by atoms with Crippen LogP contribution in [-0.4, -0.2) is 42.8 Å². The molecule has 1 heterocycles. The van der Waals surface area contributed by atoms with Crippen molar-refractivity contribution in [3.8, 4) is 0 Å². The Balaban J connectivity index is 3.09. The number of carbonyl (C=O) groups is 1. The van der Waals surface area contributed by atoms with Crippen LogP contribution in [0.25, 0.3) is 0 Å². The predicted molar refractivity (Wildman–Crippen MR) is 78.1 cm³/mol. The second kappa shape index (κ2) is 6.90. The number of aromatic nitrogens is 1. The number of amides is 1. The summed E-state index contributed by atoms with van der Waals surface area (Å²) < 4.78 is 27.7. The maximum absolute atomic E-state index is 12.4. The molecular weight excluding hydrogens is 278 g/mol. The summed E-state index contributed by atoms with van der Waals surface area (Å²) in [6, 6.07) is 1.43. The van der Waals surface area contributed by atoms with Crippen molar-refractivity contribution in [3.63, 3.8) is 0 Å². The number of sulfonamides is 1. The van der Waals surface area contributed by atoms with Crippen molar-refractivity contribution in [2.45, 2.75) is 32.1 Å². The monoisotopic (exact) mass is 301 g/mol. The van der Waals surface area contributed by atoms with Gasteiger partial charge in [0.15, 0.2) is 0 Å². The van der Waals surface area contributed by atoms with E-state index in [-0.39, 0.29) is 10.8 Å². The minimum Gasteiger partial charge on any atom is -0.351 e. The Morgan fingerprint density at radius 2 is 1.90 bits per heavy atom. The quantitative estimate of drug-likeness (QED) is 0.822. The van der Waals surface area contributed by atoms with Gasteiger partial charge in [-0.05, 0) is 12.5 Å². The lowest BCUT2D eigenvalue weighted by Gasteiger charge is -2.17. The lowest BCUT2D eigenvalue weighted by molar-refractivity contribution is 0.0945. The van der Waals surface area contributed by atoms with E-state index in [9.17, 15) is 13.2 Å². The summed E-state index contributed by atoms with van der Waals surface area (Å²) in [5.41, 5.74) is 0.351. The van der Waals surface area contributed by atoms with Crippen LogP contribution in [0, 0.1) is 0 Å². The minimum absolute atomic E-state index is 0.158. The Morgan fingerprint density at radius 1 is 1.30 bits per heavy atom. The summed E-state index contributed by atoms with van der Waals surface area (Å²) >= 11 is 0. The lowest BCUT2D eigenvalue weighted by Crippen LogP contribution is -2.30. The molecule has 0 spiro atoms. The normalized spacial score (nSPS) is 11.8. The van der Waals surface area contributed by atoms with Crippen LogP contribution in [0.15, 0.2) is 17.2 Å². The van der Waals surface area contributed by atoms with Crippen LogP contribution in [0.4, 0.5) is 0 Å². The molecule has 20 heavy (non-hydrogen) atoms. The van der Waals surface area contributed by atoms with E-state index in [4.69, 9.17) is 0 Å². The van der Waals surface area contributed by atoms with Gasteiger partial charge in [0.2, 0.25) is 10.0 Å². The molecule has 0 aliphatic carbocycles. The molecule has 0 atom stereocenters. The molecule has 0 aliphatic heterocycles. The van der Waals surface area contributed by atoms with E-state index in [1.165, 1.54) is 16.6 Å². The second-order valence-electron chi connectivity index (χ2n) is 4.52. The molecule has 6 nitrogen and oxygen atoms in total. The third kappa shape index (κ3) is 3.40. The number of aryl methyl sites for hydroxylation is 1. The summed E-state index contributed by atoms with van der Waals surface area (Å²) in [6.45, 7) is 6.93. The van der Waals surface area contributed by atoms with Crippen LogP contribution in [0.2, 0.25) is 0 Å². The van der Waals surface area contributed by atoms with Crippen LogP contribution < -0.4 is 5.32 Å². The van der Waals surface area contributed by atoms with Gasteiger partial charge in [0.1, 0.15) is 10.6 Å². The van der Waals surface area contributed by atoms with Gasteiger partial charge in [0, 0.05) is 32.9 Å². The maximum atomic E-state index is 12.4. The van der Waals surface area contributed by atoms with Crippen molar-refractivity contribution in [2.24, 2.45) is 7.05 Å². The molecule has 114 valence electrons. The molecule has 1 rings (SSSR count). The highest BCUT2D eigenvalue weighted by atomic mass is 32.2. The summed E-state index contributed by atoms with van der Waals surface area (Å²) in [4.78, 5) is 12.1. The Labute approximate surface area is 120 Å². The Kier molecular flexibility index (Phi) is 5.76. The molecule has 1 N–H and O–H groups in total. The van der Waals surface area contributed by atoms with Gasteiger partial charge in [0.05, 0.1) is 0 Å². The zero-order chi connectivity index (χ0) is 15.3.